The van der Waals surface area contributed by atoms with Crippen molar-refractivity contribution in [3.8, 4) is 0 Å². The van der Waals surface area contributed by atoms with Crippen molar-refractivity contribution in [2.24, 2.45) is 0 Å². The van der Waals surface area contributed by atoms with Gasteiger partial charge in [0, 0.05) is 18.8 Å². The Balaban J connectivity index is 1.57. The lowest BCUT2D eigenvalue weighted by Gasteiger charge is -2.26. The van der Waals surface area contributed by atoms with E-state index in [4.69, 9.17) is 4.74 Å². The third-order valence-corrected chi connectivity index (χ3v) is 7.29. The van der Waals surface area contributed by atoms with Crippen LogP contribution in [0.2, 0.25) is 0 Å². The van der Waals surface area contributed by atoms with E-state index in [1.165, 1.54) is 33.8 Å². The fraction of sp³-hybridized carbons (Fsp3) is 0.350. The second-order valence-electron chi connectivity index (χ2n) is 6.50. The number of nitrogens with one attached hydrogen (secondary N) is 1. The maximum atomic E-state index is 14.2. The maximum absolute atomic E-state index is 14.2. The van der Waals surface area contributed by atoms with Crippen molar-refractivity contribution in [3.63, 3.8) is 0 Å². The van der Waals surface area contributed by atoms with Crippen molar-refractivity contribution >= 4 is 33.4 Å². The van der Waals surface area contributed by atoms with Crippen molar-refractivity contribution in [2.45, 2.75) is 11.3 Å². The molecule has 0 aliphatic carbocycles. The summed E-state index contributed by atoms with van der Waals surface area (Å²) in [5.41, 5.74) is 1.46. The lowest BCUT2D eigenvalue weighted by molar-refractivity contribution is -0.113. The summed E-state index contributed by atoms with van der Waals surface area (Å²) in [4.78, 5) is 11.7. The average Bonchev–Trinajstić information content (AvgIpc) is 2.74. The molecule has 0 atom stereocenters. The molecule has 2 aromatic rings. The SMILES string of the molecule is O=C(CSCCc1ccccc1)Nc1ccc(F)c(S(=O)(=O)N2CCOCC2)c1. The number of rotatable bonds is 8. The minimum atomic E-state index is -3.98. The Labute approximate surface area is 174 Å². The van der Waals surface area contributed by atoms with Crippen molar-refractivity contribution in [1.29, 1.82) is 0 Å². The summed E-state index contributed by atoms with van der Waals surface area (Å²) in [5.74, 6) is -0.0797. The molecule has 1 heterocycles. The van der Waals surface area contributed by atoms with Crippen LogP contribution in [0.4, 0.5) is 10.1 Å². The number of halogens is 1. The molecule has 0 bridgehead atoms. The van der Waals surface area contributed by atoms with Crippen molar-refractivity contribution in [2.75, 3.05) is 43.1 Å². The highest BCUT2D eigenvalue weighted by atomic mass is 32.2. The number of hydrogen-bond donors (Lipinski definition) is 1. The smallest absolute Gasteiger partial charge is 0.246 e. The Kier molecular flexibility index (Phi) is 7.65. The number of morpholine rings is 1. The van der Waals surface area contributed by atoms with Gasteiger partial charge in [0.2, 0.25) is 15.9 Å². The second kappa shape index (κ2) is 10.2. The van der Waals surface area contributed by atoms with Crippen LogP contribution in [0.1, 0.15) is 5.56 Å². The third kappa shape index (κ3) is 6.02. The molecule has 0 spiro atoms. The van der Waals surface area contributed by atoms with Crippen LogP contribution in [0.3, 0.4) is 0 Å². The zero-order chi connectivity index (χ0) is 20.7. The first-order valence-electron chi connectivity index (χ1n) is 9.26. The number of aryl methyl sites for hydroxylation is 1. The van der Waals surface area contributed by atoms with Gasteiger partial charge in [-0.3, -0.25) is 4.79 Å². The van der Waals surface area contributed by atoms with Crippen LogP contribution in [-0.2, 0) is 26.0 Å². The molecule has 1 fully saturated rings. The molecule has 0 unspecified atom stereocenters. The van der Waals surface area contributed by atoms with Gasteiger partial charge < -0.3 is 10.1 Å². The average molecular weight is 439 g/mol. The molecule has 0 saturated carbocycles. The number of nitrogens with zero attached hydrogens (tertiary/aromatic N) is 1. The Hall–Kier alpha value is -1.94. The van der Waals surface area contributed by atoms with E-state index < -0.39 is 20.7 Å². The molecule has 6 nitrogen and oxygen atoms in total. The van der Waals surface area contributed by atoms with Gasteiger partial charge in [-0.05, 0) is 35.9 Å². The van der Waals surface area contributed by atoms with E-state index >= 15 is 0 Å². The topological polar surface area (TPSA) is 75.7 Å². The number of anilines is 1. The van der Waals surface area contributed by atoms with Gasteiger partial charge in [0.25, 0.3) is 0 Å². The van der Waals surface area contributed by atoms with Crippen molar-refractivity contribution in [1.82, 2.24) is 4.31 Å². The summed E-state index contributed by atoms with van der Waals surface area (Å²) < 4.78 is 46.0. The standard InChI is InChI=1S/C20H23FN2O4S2/c21-18-7-6-17(14-19(18)29(25,26)23-9-11-27-12-10-23)22-20(24)15-28-13-8-16-4-2-1-3-5-16/h1-7,14H,8-13,15H2,(H,22,24). The summed E-state index contributed by atoms with van der Waals surface area (Å²) in [6.45, 7) is 0.905. The lowest BCUT2D eigenvalue weighted by Crippen LogP contribution is -2.40. The van der Waals surface area contributed by atoms with Gasteiger partial charge in [0.05, 0.1) is 19.0 Å². The summed E-state index contributed by atoms with van der Waals surface area (Å²) in [7, 11) is -3.98. The van der Waals surface area contributed by atoms with Gasteiger partial charge in [0.1, 0.15) is 10.7 Å². The summed E-state index contributed by atoms with van der Waals surface area (Å²) in [5, 5.41) is 2.65. The van der Waals surface area contributed by atoms with Gasteiger partial charge in [-0.25, -0.2) is 12.8 Å². The van der Waals surface area contributed by atoms with Crippen LogP contribution in [-0.4, -0.2) is 56.4 Å². The van der Waals surface area contributed by atoms with Crippen LogP contribution in [0.15, 0.2) is 53.4 Å². The highest BCUT2D eigenvalue weighted by Crippen LogP contribution is 2.24. The lowest BCUT2D eigenvalue weighted by atomic mass is 10.2. The van der Waals surface area contributed by atoms with E-state index in [2.05, 4.69) is 5.32 Å². The minimum absolute atomic E-state index is 0.177. The zero-order valence-electron chi connectivity index (χ0n) is 15.8. The first-order valence-corrected chi connectivity index (χ1v) is 11.9. The molecule has 0 aromatic heterocycles. The second-order valence-corrected chi connectivity index (χ2v) is 9.51. The van der Waals surface area contributed by atoms with Crippen molar-refractivity contribution < 1.29 is 22.3 Å². The number of thioether (sulfide) groups is 1. The van der Waals surface area contributed by atoms with E-state index in [-0.39, 0.29) is 43.7 Å². The molecule has 156 valence electrons. The normalized spacial score (nSPS) is 15.2. The molecular formula is C20H23FN2O4S2. The number of hydrogen-bond acceptors (Lipinski definition) is 5. The van der Waals surface area contributed by atoms with E-state index in [1.807, 2.05) is 30.3 Å². The van der Waals surface area contributed by atoms with Gasteiger partial charge in [0.15, 0.2) is 0 Å². The Morgan fingerprint density at radius 1 is 1.14 bits per heavy atom. The number of carbonyl (C=O) groups is 1. The molecule has 0 radical (unpaired) electrons. The molecule has 1 saturated heterocycles. The van der Waals surface area contributed by atoms with Gasteiger partial charge in [-0.15, -0.1) is 0 Å². The quantitative estimate of drug-likeness (QED) is 0.642. The van der Waals surface area contributed by atoms with E-state index in [0.717, 1.165) is 18.2 Å². The Morgan fingerprint density at radius 3 is 2.59 bits per heavy atom. The van der Waals surface area contributed by atoms with Crippen LogP contribution in [0.5, 0.6) is 0 Å². The van der Waals surface area contributed by atoms with E-state index in [0.29, 0.717) is 0 Å². The zero-order valence-corrected chi connectivity index (χ0v) is 17.5. The highest BCUT2D eigenvalue weighted by molar-refractivity contribution is 7.99. The molecule has 2 aromatic carbocycles. The van der Waals surface area contributed by atoms with Crippen LogP contribution in [0.25, 0.3) is 0 Å². The number of carbonyl (C=O) groups excluding carboxylic acids is 1. The fourth-order valence-electron chi connectivity index (χ4n) is 2.90. The van der Waals surface area contributed by atoms with E-state index in [1.54, 1.807) is 0 Å². The van der Waals surface area contributed by atoms with E-state index in [9.17, 15) is 17.6 Å². The summed E-state index contributed by atoms with van der Waals surface area (Å²) >= 11 is 1.48. The number of benzene rings is 2. The fourth-order valence-corrected chi connectivity index (χ4v) is 5.18. The molecule has 1 aliphatic heterocycles. The van der Waals surface area contributed by atoms with Gasteiger partial charge in [-0.2, -0.15) is 16.1 Å². The van der Waals surface area contributed by atoms with Crippen LogP contribution < -0.4 is 5.32 Å². The first kappa shape index (κ1) is 21.8. The molecular weight excluding hydrogens is 415 g/mol. The maximum Gasteiger partial charge on any atom is 0.246 e. The van der Waals surface area contributed by atoms with Crippen LogP contribution >= 0.6 is 11.8 Å². The largest absolute Gasteiger partial charge is 0.379 e. The Morgan fingerprint density at radius 2 is 1.86 bits per heavy atom. The Bertz CT molecular complexity index is 933. The molecule has 1 amide bonds. The monoisotopic (exact) mass is 438 g/mol. The summed E-state index contributed by atoms with van der Waals surface area (Å²) in [6.07, 6.45) is 0.858. The van der Waals surface area contributed by atoms with Crippen molar-refractivity contribution in [3.05, 3.63) is 59.9 Å². The van der Waals surface area contributed by atoms with Gasteiger partial charge in [-0.1, -0.05) is 30.3 Å². The molecule has 29 heavy (non-hydrogen) atoms. The van der Waals surface area contributed by atoms with Crippen LogP contribution in [0, 0.1) is 5.82 Å². The minimum Gasteiger partial charge on any atom is -0.379 e. The first-order chi connectivity index (χ1) is 14.0. The predicted molar refractivity (Wildman–Crippen MR) is 112 cm³/mol. The summed E-state index contributed by atoms with van der Waals surface area (Å²) in [6, 6.07) is 13.6. The number of amides is 1. The molecule has 3 rings (SSSR count). The molecule has 1 N–H and O–H groups in total. The highest BCUT2D eigenvalue weighted by Gasteiger charge is 2.29. The third-order valence-electron chi connectivity index (χ3n) is 4.41. The van der Waals surface area contributed by atoms with Gasteiger partial charge >= 0.3 is 0 Å². The number of sulfonamides is 1. The number of ether oxygens (including phenoxy) is 1. The predicted octanol–water partition coefficient (Wildman–Crippen LogP) is 2.76. The molecule has 9 heteroatoms. The molecule has 1 aliphatic rings.